The van der Waals surface area contributed by atoms with E-state index >= 15 is 0 Å². The Bertz CT molecular complexity index is 563. The van der Waals surface area contributed by atoms with Crippen molar-refractivity contribution in [3.8, 4) is 0 Å². The standard InChI is InChI=1S/C19H20/c1-2-8-14-9-4-5-13-18-16-11-7-6-10-15(16)17(12-3-1)19(14)18/h1-3,5-6,8,10,12-13,15-16,18H,4,7,9,11H2/b2-1-,3-1?,8-2?,12-3-,14-8-,17-12?. The molecule has 0 saturated heterocycles. The number of rotatable bonds is 0. The second kappa shape index (κ2) is 4.52. The van der Waals surface area contributed by atoms with Gasteiger partial charge >= 0.3 is 0 Å². The normalized spacial score (nSPS) is 41.5. The third kappa shape index (κ3) is 1.74. The topological polar surface area (TPSA) is 0 Å². The fourth-order valence-electron chi connectivity index (χ4n) is 4.20. The highest BCUT2D eigenvalue weighted by atomic mass is 14.4. The summed E-state index contributed by atoms with van der Waals surface area (Å²) in [7, 11) is 0. The van der Waals surface area contributed by atoms with Gasteiger partial charge in [-0.3, -0.25) is 0 Å². The molecule has 0 heteroatoms. The minimum absolute atomic E-state index is 0.655. The van der Waals surface area contributed by atoms with Gasteiger partial charge in [0.2, 0.25) is 0 Å². The molecule has 0 aromatic heterocycles. The van der Waals surface area contributed by atoms with E-state index < -0.39 is 0 Å². The van der Waals surface area contributed by atoms with Gasteiger partial charge in [-0.15, -0.1) is 0 Å². The predicted octanol–water partition coefficient (Wildman–Crippen LogP) is 4.90. The fraction of sp³-hybridized carbons (Fsp3) is 0.368. The largest absolute Gasteiger partial charge is 0.0879 e. The van der Waals surface area contributed by atoms with Crippen molar-refractivity contribution in [2.45, 2.75) is 25.7 Å². The Morgan fingerprint density at radius 2 is 1.79 bits per heavy atom. The molecular formula is C19H20. The SMILES string of the molecule is C1=CC2C3=C(\C=C/C=C\C=C3\CC1)C1C=CCCC12. The molecule has 0 saturated carbocycles. The van der Waals surface area contributed by atoms with E-state index in [4.69, 9.17) is 0 Å². The van der Waals surface area contributed by atoms with Crippen molar-refractivity contribution < 1.29 is 0 Å². The summed E-state index contributed by atoms with van der Waals surface area (Å²) < 4.78 is 0. The monoisotopic (exact) mass is 248 g/mol. The van der Waals surface area contributed by atoms with Gasteiger partial charge in [-0.25, -0.2) is 0 Å². The van der Waals surface area contributed by atoms with E-state index in [-0.39, 0.29) is 0 Å². The van der Waals surface area contributed by atoms with E-state index in [0.717, 1.165) is 5.92 Å². The third-order valence-electron chi connectivity index (χ3n) is 5.00. The molecule has 96 valence electrons. The molecule has 0 radical (unpaired) electrons. The molecular weight excluding hydrogens is 228 g/mol. The van der Waals surface area contributed by atoms with Crippen molar-refractivity contribution in [2.75, 3.05) is 0 Å². The second-order valence-electron chi connectivity index (χ2n) is 5.99. The van der Waals surface area contributed by atoms with Crippen LogP contribution in [0.3, 0.4) is 0 Å². The van der Waals surface area contributed by atoms with E-state index in [9.17, 15) is 0 Å². The van der Waals surface area contributed by atoms with Gasteiger partial charge in [-0.05, 0) is 48.3 Å². The molecule has 0 aliphatic heterocycles. The van der Waals surface area contributed by atoms with E-state index in [2.05, 4.69) is 54.7 Å². The third-order valence-corrected chi connectivity index (χ3v) is 5.00. The van der Waals surface area contributed by atoms with Gasteiger partial charge in [0.05, 0.1) is 0 Å². The fourth-order valence-corrected chi connectivity index (χ4v) is 4.20. The van der Waals surface area contributed by atoms with Crippen LogP contribution >= 0.6 is 0 Å². The molecule has 0 nitrogen and oxygen atoms in total. The second-order valence-corrected chi connectivity index (χ2v) is 5.99. The Morgan fingerprint density at radius 1 is 0.895 bits per heavy atom. The molecule has 0 fully saturated rings. The van der Waals surface area contributed by atoms with Crippen molar-refractivity contribution in [3.05, 3.63) is 71.4 Å². The lowest BCUT2D eigenvalue weighted by molar-refractivity contribution is 0.371. The summed E-state index contributed by atoms with van der Waals surface area (Å²) in [6.45, 7) is 0. The summed E-state index contributed by atoms with van der Waals surface area (Å²) in [6.07, 6.45) is 26.1. The van der Waals surface area contributed by atoms with E-state index in [1.807, 2.05) is 0 Å². The maximum Gasteiger partial charge on any atom is 0.00608 e. The van der Waals surface area contributed by atoms with Crippen molar-refractivity contribution >= 4 is 0 Å². The van der Waals surface area contributed by atoms with Gasteiger partial charge in [0.25, 0.3) is 0 Å². The maximum absolute atomic E-state index is 2.50. The Hall–Kier alpha value is -1.56. The molecule has 19 heavy (non-hydrogen) atoms. The highest BCUT2D eigenvalue weighted by Gasteiger charge is 2.41. The summed E-state index contributed by atoms with van der Waals surface area (Å²) in [5.41, 5.74) is 4.82. The molecule has 0 N–H and O–H groups in total. The lowest BCUT2D eigenvalue weighted by Crippen LogP contribution is -2.17. The van der Waals surface area contributed by atoms with Crippen LogP contribution in [0.2, 0.25) is 0 Å². The summed E-state index contributed by atoms with van der Waals surface area (Å²) in [6, 6.07) is 0. The zero-order valence-corrected chi connectivity index (χ0v) is 11.3. The van der Waals surface area contributed by atoms with Crippen molar-refractivity contribution in [1.29, 1.82) is 0 Å². The van der Waals surface area contributed by atoms with Crippen molar-refractivity contribution in [1.82, 2.24) is 0 Å². The highest BCUT2D eigenvalue weighted by Crippen LogP contribution is 2.52. The molecule has 4 aliphatic rings. The Kier molecular flexibility index (Phi) is 2.69. The Morgan fingerprint density at radius 3 is 2.79 bits per heavy atom. The molecule has 0 spiro atoms. The zero-order chi connectivity index (χ0) is 12.7. The van der Waals surface area contributed by atoms with Gasteiger partial charge in [-0.1, -0.05) is 54.7 Å². The molecule has 0 aromatic carbocycles. The van der Waals surface area contributed by atoms with Gasteiger partial charge in [0, 0.05) is 11.8 Å². The van der Waals surface area contributed by atoms with Crippen molar-refractivity contribution in [3.63, 3.8) is 0 Å². The van der Waals surface area contributed by atoms with Crippen LogP contribution in [-0.2, 0) is 0 Å². The van der Waals surface area contributed by atoms with Crippen LogP contribution in [0.5, 0.6) is 0 Å². The molecule has 0 amide bonds. The van der Waals surface area contributed by atoms with E-state index in [1.165, 1.54) is 25.7 Å². The van der Waals surface area contributed by atoms with Crippen LogP contribution in [0.1, 0.15) is 25.7 Å². The molecule has 0 aromatic rings. The van der Waals surface area contributed by atoms with Gasteiger partial charge in [0.1, 0.15) is 0 Å². The number of fused-ring (bicyclic) bond motifs is 3. The lowest BCUT2D eigenvalue weighted by Gasteiger charge is -2.26. The predicted molar refractivity (Wildman–Crippen MR) is 80.6 cm³/mol. The number of allylic oxidation sites excluding steroid dienone is 12. The van der Waals surface area contributed by atoms with Crippen LogP contribution in [-0.4, -0.2) is 0 Å². The van der Waals surface area contributed by atoms with Crippen LogP contribution in [0.4, 0.5) is 0 Å². The first kappa shape index (κ1) is 11.3. The van der Waals surface area contributed by atoms with Gasteiger partial charge in [0.15, 0.2) is 0 Å². The minimum Gasteiger partial charge on any atom is -0.0879 e. The average molecular weight is 248 g/mol. The smallest absolute Gasteiger partial charge is 0.00608 e. The maximum atomic E-state index is 2.50. The highest BCUT2D eigenvalue weighted by molar-refractivity contribution is 5.54. The van der Waals surface area contributed by atoms with E-state index in [1.54, 1.807) is 16.7 Å². The Labute approximate surface area is 115 Å². The number of hydrogen-bond donors (Lipinski definition) is 0. The first-order valence-electron chi connectivity index (χ1n) is 7.57. The molecule has 3 unspecified atom stereocenters. The van der Waals surface area contributed by atoms with E-state index in [0.29, 0.717) is 11.8 Å². The first-order valence-corrected chi connectivity index (χ1v) is 7.57. The van der Waals surface area contributed by atoms with Gasteiger partial charge in [-0.2, -0.15) is 0 Å². The zero-order valence-electron chi connectivity index (χ0n) is 11.3. The summed E-state index contributed by atoms with van der Waals surface area (Å²) in [5, 5.41) is 0. The summed E-state index contributed by atoms with van der Waals surface area (Å²) >= 11 is 0. The summed E-state index contributed by atoms with van der Waals surface area (Å²) in [5.74, 6) is 2.12. The van der Waals surface area contributed by atoms with Gasteiger partial charge < -0.3 is 0 Å². The first-order chi connectivity index (χ1) is 9.45. The quantitative estimate of drug-likeness (QED) is 0.535. The molecule has 3 atom stereocenters. The number of hydrogen-bond acceptors (Lipinski definition) is 0. The molecule has 0 heterocycles. The Balaban J connectivity index is 1.91. The molecule has 4 rings (SSSR count). The molecule has 0 bridgehead atoms. The van der Waals surface area contributed by atoms with Crippen molar-refractivity contribution in [2.24, 2.45) is 17.8 Å². The van der Waals surface area contributed by atoms with Crippen LogP contribution < -0.4 is 0 Å². The minimum atomic E-state index is 0.655. The lowest BCUT2D eigenvalue weighted by atomic mass is 9.78. The van der Waals surface area contributed by atoms with Crippen LogP contribution in [0, 0.1) is 17.8 Å². The van der Waals surface area contributed by atoms with Crippen LogP contribution in [0.25, 0.3) is 0 Å². The average Bonchev–Trinajstić information content (AvgIpc) is 2.58. The summed E-state index contributed by atoms with van der Waals surface area (Å²) in [4.78, 5) is 0. The molecule has 4 aliphatic carbocycles. The van der Waals surface area contributed by atoms with Crippen LogP contribution in [0.15, 0.2) is 71.4 Å².